The maximum Gasteiger partial charge on any atom is 0.360 e. The van der Waals surface area contributed by atoms with Crippen LogP contribution < -0.4 is 10.3 Å². The van der Waals surface area contributed by atoms with E-state index < -0.39 is 17.2 Å². The first kappa shape index (κ1) is 13.7. The Labute approximate surface area is 124 Å². The molecule has 3 rings (SSSR count). The van der Waals surface area contributed by atoms with Crippen LogP contribution in [0, 0.1) is 0 Å². The number of hydrogen-bond acceptors (Lipinski definition) is 5. The molecule has 0 spiro atoms. The van der Waals surface area contributed by atoms with Crippen molar-refractivity contribution in [2.45, 2.75) is 0 Å². The van der Waals surface area contributed by atoms with E-state index in [4.69, 9.17) is 9.84 Å². The zero-order valence-corrected chi connectivity index (χ0v) is 11.6. The van der Waals surface area contributed by atoms with Gasteiger partial charge in [0.1, 0.15) is 11.3 Å². The predicted octanol–water partition coefficient (Wildman–Crippen LogP) is 1.49. The lowest BCUT2D eigenvalue weighted by molar-refractivity contribution is 0.0688. The van der Waals surface area contributed by atoms with Crippen LogP contribution in [0.3, 0.4) is 0 Å². The molecule has 0 fully saturated rings. The van der Waals surface area contributed by atoms with Gasteiger partial charge < -0.3 is 9.84 Å². The lowest BCUT2D eigenvalue weighted by Crippen LogP contribution is -2.27. The largest absolute Gasteiger partial charge is 0.497 e. The molecule has 0 aliphatic carbocycles. The molecule has 0 unspecified atom stereocenters. The quantitative estimate of drug-likeness (QED) is 0.787. The molecule has 110 valence electrons. The van der Waals surface area contributed by atoms with Crippen LogP contribution in [0.4, 0.5) is 0 Å². The van der Waals surface area contributed by atoms with Gasteiger partial charge in [0, 0.05) is 6.20 Å². The Balaban J connectivity index is 2.37. The van der Waals surface area contributed by atoms with Crippen molar-refractivity contribution in [2.75, 3.05) is 7.11 Å². The highest BCUT2D eigenvalue weighted by atomic mass is 16.5. The molecule has 0 saturated carbocycles. The van der Waals surface area contributed by atoms with Gasteiger partial charge in [-0.1, -0.05) is 0 Å². The van der Waals surface area contributed by atoms with E-state index in [9.17, 15) is 9.59 Å². The lowest BCUT2D eigenvalue weighted by Gasteiger charge is -2.10. The number of ether oxygens (including phenoxy) is 1. The number of hydrogen-bond donors (Lipinski definition) is 1. The molecular weight excluding hydrogens is 286 g/mol. The van der Waals surface area contributed by atoms with E-state index in [0.29, 0.717) is 22.6 Å². The number of fused-ring (bicyclic) bond motifs is 1. The van der Waals surface area contributed by atoms with Crippen LogP contribution in [0.25, 0.3) is 16.9 Å². The highest BCUT2D eigenvalue weighted by Crippen LogP contribution is 2.17. The number of methoxy groups -OCH3 is 1. The normalized spacial score (nSPS) is 10.6. The van der Waals surface area contributed by atoms with Gasteiger partial charge in [-0.2, -0.15) is 0 Å². The maximum atomic E-state index is 12.4. The van der Waals surface area contributed by atoms with E-state index in [1.807, 2.05) is 0 Å². The Morgan fingerprint density at radius 2 is 1.95 bits per heavy atom. The van der Waals surface area contributed by atoms with Crippen molar-refractivity contribution >= 4 is 17.1 Å². The van der Waals surface area contributed by atoms with Crippen molar-refractivity contribution in [3.63, 3.8) is 0 Å². The number of aromatic nitrogens is 3. The van der Waals surface area contributed by atoms with Crippen LogP contribution in [-0.2, 0) is 0 Å². The first-order chi connectivity index (χ1) is 10.6. The molecule has 1 aromatic carbocycles. The van der Waals surface area contributed by atoms with E-state index >= 15 is 0 Å². The number of pyridine rings is 1. The minimum Gasteiger partial charge on any atom is -0.497 e. The van der Waals surface area contributed by atoms with Gasteiger partial charge in [-0.15, -0.1) is 0 Å². The molecule has 22 heavy (non-hydrogen) atoms. The Kier molecular flexibility index (Phi) is 3.30. The van der Waals surface area contributed by atoms with Crippen molar-refractivity contribution in [1.29, 1.82) is 0 Å². The number of aromatic carboxylic acids is 1. The second-order valence-corrected chi connectivity index (χ2v) is 4.45. The van der Waals surface area contributed by atoms with Gasteiger partial charge in [0.25, 0.3) is 5.56 Å². The fraction of sp³-hybridized carbons (Fsp3) is 0.0667. The Bertz CT molecular complexity index is 916. The number of benzene rings is 1. The smallest absolute Gasteiger partial charge is 0.360 e. The Morgan fingerprint density at radius 1 is 1.23 bits per heavy atom. The van der Waals surface area contributed by atoms with Crippen LogP contribution in [0.5, 0.6) is 5.75 Å². The van der Waals surface area contributed by atoms with Crippen molar-refractivity contribution in [3.05, 3.63) is 58.6 Å². The SMILES string of the molecule is COc1ccc(-n2c(=O)c(C(=O)O)nc3cccnc32)cc1. The monoisotopic (exact) mass is 297 g/mol. The van der Waals surface area contributed by atoms with Gasteiger partial charge in [0.15, 0.2) is 5.65 Å². The molecule has 0 amide bonds. The summed E-state index contributed by atoms with van der Waals surface area (Å²) in [6.07, 6.45) is 1.52. The molecule has 0 aliphatic heterocycles. The molecule has 0 aliphatic rings. The summed E-state index contributed by atoms with van der Waals surface area (Å²) in [6, 6.07) is 9.90. The van der Waals surface area contributed by atoms with E-state index in [1.54, 1.807) is 36.4 Å². The molecule has 0 saturated heterocycles. The highest BCUT2D eigenvalue weighted by molar-refractivity contribution is 5.87. The second kappa shape index (κ2) is 5.28. The van der Waals surface area contributed by atoms with Crippen LogP contribution in [0.15, 0.2) is 47.4 Å². The highest BCUT2D eigenvalue weighted by Gasteiger charge is 2.18. The van der Waals surface area contributed by atoms with E-state index in [1.165, 1.54) is 17.9 Å². The van der Waals surface area contributed by atoms with E-state index in [2.05, 4.69) is 9.97 Å². The molecule has 7 nitrogen and oxygen atoms in total. The average Bonchev–Trinajstić information content (AvgIpc) is 2.54. The van der Waals surface area contributed by atoms with Crippen LogP contribution in [0.1, 0.15) is 10.5 Å². The molecule has 0 radical (unpaired) electrons. The summed E-state index contributed by atoms with van der Waals surface area (Å²) in [5, 5.41) is 9.16. The number of nitrogens with zero attached hydrogens (tertiary/aromatic N) is 3. The molecule has 2 aromatic heterocycles. The second-order valence-electron chi connectivity index (χ2n) is 4.45. The summed E-state index contributed by atoms with van der Waals surface area (Å²) in [6.45, 7) is 0. The minimum absolute atomic E-state index is 0.294. The van der Waals surface area contributed by atoms with Gasteiger partial charge in [-0.25, -0.2) is 14.8 Å². The summed E-state index contributed by atoms with van der Waals surface area (Å²) in [5.74, 6) is -0.750. The van der Waals surface area contributed by atoms with Gasteiger partial charge >= 0.3 is 5.97 Å². The van der Waals surface area contributed by atoms with E-state index in [0.717, 1.165) is 0 Å². The van der Waals surface area contributed by atoms with Crippen LogP contribution in [0.2, 0.25) is 0 Å². The van der Waals surface area contributed by atoms with Crippen molar-refractivity contribution in [3.8, 4) is 11.4 Å². The topological polar surface area (TPSA) is 94.3 Å². The van der Waals surface area contributed by atoms with Gasteiger partial charge in [0.2, 0.25) is 5.69 Å². The van der Waals surface area contributed by atoms with Crippen LogP contribution in [-0.4, -0.2) is 32.7 Å². The van der Waals surface area contributed by atoms with Gasteiger partial charge in [0.05, 0.1) is 12.8 Å². The Morgan fingerprint density at radius 3 is 2.59 bits per heavy atom. The molecule has 0 bridgehead atoms. The number of carboxylic acids is 1. The van der Waals surface area contributed by atoms with E-state index in [-0.39, 0.29) is 0 Å². The zero-order chi connectivity index (χ0) is 15.7. The van der Waals surface area contributed by atoms with Crippen LogP contribution >= 0.6 is 0 Å². The number of carbonyl (C=O) groups is 1. The molecule has 7 heteroatoms. The third kappa shape index (κ3) is 2.18. The Hall–Kier alpha value is -3.22. The van der Waals surface area contributed by atoms with Crippen molar-refractivity contribution in [2.24, 2.45) is 0 Å². The molecule has 3 aromatic rings. The molecule has 2 heterocycles. The predicted molar refractivity (Wildman–Crippen MR) is 78.6 cm³/mol. The number of carboxylic acid groups (broad SMARTS) is 1. The third-order valence-electron chi connectivity index (χ3n) is 3.15. The first-order valence-electron chi connectivity index (χ1n) is 6.37. The summed E-state index contributed by atoms with van der Waals surface area (Å²) in [4.78, 5) is 31.7. The summed E-state index contributed by atoms with van der Waals surface area (Å²) < 4.78 is 6.30. The molecule has 0 atom stereocenters. The minimum atomic E-state index is -1.38. The van der Waals surface area contributed by atoms with Crippen molar-refractivity contribution < 1.29 is 14.6 Å². The fourth-order valence-electron chi connectivity index (χ4n) is 2.13. The molecule has 1 N–H and O–H groups in total. The third-order valence-corrected chi connectivity index (χ3v) is 3.15. The van der Waals surface area contributed by atoms with Gasteiger partial charge in [-0.3, -0.25) is 9.36 Å². The summed E-state index contributed by atoms with van der Waals surface area (Å²) >= 11 is 0. The average molecular weight is 297 g/mol. The van der Waals surface area contributed by atoms with Gasteiger partial charge in [-0.05, 0) is 36.4 Å². The molecular formula is C15H11N3O4. The number of rotatable bonds is 3. The summed E-state index contributed by atoms with van der Waals surface area (Å²) in [5.41, 5.74) is -0.169. The fourth-order valence-corrected chi connectivity index (χ4v) is 2.13. The zero-order valence-electron chi connectivity index (χ0n) is 11.6. The standard InChI is InChI=1S/C15H11N3O4/c1-22-10-6-4-9(5-7-10)18-13-11(3-2-8-16-13)17-12(14(18)19)15(20)21/h2-8H,1H3,(H,20,21). The first-order valence-corrected chi connectivity index (χ1v) is 6.37. The maximum absolute atomic E-state index is 12.4. The summed E-state index contributed by atoms with van der Waals surface area (Å²) in [7, 11) is 1.53. The lowest BCUT2D eigenvalue weighted by atomic mass is 10.2. The van der Waals surface area contributed by atoms with Crippen molar-refractivity contribution in [1.82, 2.24) is 14.5 Å².